The normalized spacial score (nSPS) is 10.9. The molecule has 3 nitrogen and oxygen atoms in total. The van der Waals surface area contributed by atoms with Gasteiger partial charge in [-0.05, 0) is 0 Å². The average Bonchev–Trinajstić information content (AvgIpc) is 2.71. The molecule has 1 aromatic carbocycles. The number of hydrogen-bond donors (Lipinski definition) is 0. The van der Waals surface area contributed by atoms with Crippen LogP contribution in [-0.4, -0.2) is 14.8 Å². The second-order valence-electron chi connectivity index (χ2n) is 3.21. The molecule has 0 aliphatic carbocycles. The molecule has 1 aromatic heterocycles. The molecule has 0 spiro atoms. The summed E-state index contributed by atoms with van der Waals surface area (Å²) < 4.78 is 66.3. The summed E-state index contributed by atoms with van der Waals surface area (Å²) in [6, 6.07) is 0. The maximum absolute atomic E-state index is 13.3. The first-order chi connectivity index (χ1) is 7.95. The van der Waals surface area contributed by atoms with E-state index in [0.29, 0.717) is 0 Å². The van der Waals surface area contributed by atoms with Crippen LogP contribution in [0.15, 0.2) is 6.33 Å². The van der Waals surface area contributed by atoms with Gasteiger partial charge < -0.3 is 4.57 Å². The van der Waals surface area contributed by atoms with Gasteiger partial charge in [-0.2, -0.15) is 0 Å². The van der Waals surface area contributed by atoms with Crippen molar-refractivity contribution in [3.63, 3.8) is 0 Å². The Morgan fingerprint density at radius 1 is 0.882 bits per heavy atom. The number of aromatic nitrogens is 3. The van der Waals surface area contributed by atoms with Crippen molar-refractivity contribution in [2.75, 3.05) is 0 Å². The molecular weight excluding hydrogens is 245 g/mol. The molecule has 0 saturated carbocycles. The SMILES string of the molecule is Cn1cnnc1-c1c(F)c(F)c(F)c(F)c1F. The van der Waals surface area contributed by atoms with Crippen molar-refractivity contribution >= 4 is 0 Å². The summed E-state index contributed by atoms with van der Waals surface area (Å²) in [5.74, 6) is -10.5. The van der Waals surface area contributed by atoms with E-state index < -0.39 is 40.5 Å². The van der Waals surface area contributed by atoms with Gasteiger partial charge in [0.15, 0.2) is 29.1 Å². The summed E-state index contributed by atoms with van der Waals surface area (Å²) in [5.41, 5.74) is -1.10. The lowest BCUT2D eigenvalue weighted by Gasteiger charge is -2.06. The molecule has 0 atom stereocenters. The molecule has 1 heterocycles. The monoisotopic (exact) mass is 249 g/mol. The lowest BCUT2D eigenvalue weighted by molar-refractivity contribution is 0.380. The van der Waals surface area contributed by atoms with Crippen molar-refractivity contribution in [1.29, 1.82) is 0 Å². The number of benzene rings is 1. The van der Waals surface area contributed by atoms with Crippen LogP contribution in [0.3, 0.4) is 0 Å². The van der Waals surface area contributed by atoms with Crippen LogP contribution in [0.2, 0.25) is 0 Å². The second-order valence-corrected chi connectivity index (χ2v) is 3.21. The maximum atomic E-state index is 13.3. The quantitative estimate of drug-likeness (QED) is 0.440. The molecule has 8 heteroatoms. The highest BCUT2D eigenvalue weighted by Gasteiger charge is 2.28. The Morgan fingerprint density at radius 3 is 1.76 bits per heavy atom. The maximum Gasteiger partial charge on any atom is 0.200 e. The molecule has 0 aliphatic heterocycles. The van der Waals surface area contributed by atoms with E-state index >= 15 is 0 Å². The Bertz CT molecular complexity index is 564. The summed E-state index contributed by atoms with van der Waals surface area (Å²) in [6.07, 6.45) is 1.08. The number of aryl methyl sites for hydroxylation is 1. The van der Waals surface area contributed by atoms with Crippen molar-refractivity contribution in [3.8, 4) is 11.4 Å². The lowest BCUT2D eigenvalue weighted by atomic mass is 10.1. The standard InChI is InChI=1S/C9H4F5N3/c1-17-2-15-16-9(17)3-4(10)6(12)8(14)7(13)5(3)11/h2H,1H3. The zero-order valence-corrected chi connectivity index (χ0v) is 8.31. The van der Waals surface area contributed by atoms with Gasteiger partial charge >= 0.3 is 0 Å². The molecule has 0 aliphatic rings. The van der Waals surface area contributed by atoms with Crippen LogP contribution in [0.5, 0.6) is 0 Å². The first-order valence-corrected chi connectivity index (χ1v) is 4.31. The predicted molar refractivity (Wildman–Crippen MR) is 46.2 cm³/mol. The van der Waals surface area contributed by atoms with Crippen LogP contribution < -0.4 is 0 Å². The summed E-state index contributed by atoms with van der Waals surface area (Å²) in [7, 11) is 1.31. The third kappa shape index (κ3) is 1.56. The van der Waals surface area contributed by atoms with Crippen molar-refractivity contribution in [3.05, 3.63) is 35.4 Å². The molecule has 0 saturated heterocycles. The number of rotatable bonds is 1. The zero-order chi connectivity index (χ0) is 12.7. The topological polar surface area (TPSA) is 30.7 Å². The molecule has 0 N–H and O–H groups in total. The summed E-state index contributed by atoms with van der Waals surface area (Å²) in [6.45, 7) is 0. The first-order valence-electron chi connectivity index (χ1n) is 4.31. The highest BCUT2D eigenvalue weighted by molar-refractivity contribution is 5.57. The Morgan fingerprint density at radius 2 is 1.35 bits per heavy atom. The molecule has 0 fully saturated rings. The van der Waals surface area contributed by atoms with E-state index in [1.165, 1.54) is 7.05 Å². The summed E-state index contributed by atoms with van der Waals surface area (Å²) in [4.78, 5) is 0. The van der Waals surface area contributed by atoms with Crippen molar-refractivity contribution in [1.82, 2.24) is 14.8 Å². The van der Waals surface area contributed by atoms with Gasteiger partial charge in [0, 0.05) is 7.05 Å². The van der Waals surface area contributed by atoms with Gasteiger partial charge in [0.1, 0.15) is 6.33 Å². The first kappa shape index (κ1) is 11.5. The van der Waals surface area contributed by atoms with Crippen molar-refractivity contribution < 1.29 is 22.0 Å². The second kappa shape index (κ2) is 3.79. The van der Waals surface area contributed by atoms with Gasteiger partial charge in [-0.1, -0.05) is 0 Å². The fourth-order valence-electron chi connectivity index (χ4n) is 1.31. The average molecular weight is 249 g/mol. The van der Waals surface area contributed by atoms with E-state index in [0.717, 1.165) is 10.9 Å². The van der Waals surface area contributed by atoms with Crippen molar-refractivity contribution in [2.45, 2.75) is 0 Å². The minimum atomic E-state index is -2.20. The number of halogens is 5. The van der Waals surface area contributed by atoms with Crippen LogP contribution in [0.1, 0.15) is 0 Å². The molecule has 2 rings (SSSR count). The Labute approximate surface area is 91.5 Å². The molecule has 0 amide bonds. The Kier molecular flexibility index (Phi) is 2.56. The molecule has 0 bridgehead atoms. The fraction of sp³-hybridized carbons (Fsp3) is 0.111. The molecule has 0 unspecified atom stereocenters. The summed E-state index contributed by atoms with van der Waals surface area (Å²) >= 11 is 0. The van der Waals surface area contributed by atoms with Crippen molar-refractivity contribution in [2.24, 2.45) is 7.05 Å². The van der Waals surface area contributed by atoms with E-state index in [2.05, 4.69) is 10.2 Å². The van der Waals surface area contributed by atoms with E-state index in [9.17, 15) is 22.0 Å². The van der Waals surface area contributed by atoms with Gasteiger partial charge in [-0.15, -0.1) is 10.2 Å². The van der Waals surface area contributed by atoms with Gasteiger partial charge in [0.2, 0.25) is 5.82 Å². The van der Waals surface area contributed by atoms with Gasteiger partial charge in [-0.25, -0.2) is 22.0 Å². The van der Waals surface area contributed by atoms with Crippen LogP contribution in [-0.2, 0) is 7.05 Å². The molecule has 0 radical (unpaired) electrons. The Hall–Kier alpha value is -1.99. The molecule has 17 heavy (non-hydrogen) atoms. The number of nitrogens with zero attached hydrogens (tertiary/aromatic N) is 3. The summed E-state index contributed by atoms with van der Waals surface area (Å²) in [5, 5.41) is 6.60. The van der Waals surface area contributed by atoms with Crippen LogP contribution >= 0.6 is 0 Å². The van der Waals surface area contributed by atoms with E-state index in [1.807, 2.05) is 0 Å². The minimum Gasteiger partial charge on any atom is -0.317 e. The third-order valence-corrected chi connectivity index (χ3v) is 2.14. The molecular formula is C9H4F5N3. The molecule has 2 aromatic rings. The van der Waals surface area contributed by atoms with Gasteiger partial charge in [-0.3, -0.25) is 0 Å². The predicted octanol–water partition coefficient (Wildman–Crippen LogP) is 2.18. The van der Waals surface area contributed by atoms with E-state index in [1.54, 1.807) is 0 Å². The van der Waals surface area contributed by atoms with Gasteiger partial charge in [0.05, 0.1) is 5.56 Å². The number of hydrogen-bond acceptors (Lipinski definition) is 2. The van der Waals surface area contributed by atoms with E-state index in [-0.39, 0.29) is 0 Å². The van der Waals surface area contributed by atoms with Crippen LogP contribution in [0.25, 0.3) is 11.4 Å². The van der Waals surface area contributed by atoms with Crippen LogP contribution in [0.4, 0.5) is 22.0 Å². The molecule has 90 valence electrons. The lowest BCUT2D eigenvalue weighted by Crippen LogP contribution is -2.06. The third-order valence-electron chi connectivity index (χ3n) is 2.14. The largest absolute Gasteiger partial charge is 0.317 e. The zero-order valence-electron chi connectivity index (χ0n) is 8.31. The fourth-order valence-corrected chi connectivity index (χ4v) is 1.31. The van der Waals surface area contributed by atoms with Crippen LogP contribution in [0, 0.1) is 29.1 Å². The Balaban J connectivity index is 2.84. The minimum absolute atomic E-state index is 0.446. The highest BCUT2D eigenvalue weighted by Crippen LogP contribution is 2.29. The highest BCUT2D eigenvalue weighted by atomic mass is 19.2. The smallest absolute Gasteiger partial charge is 0.200 e. The van der Waals surface area contributed by atoms with E-state index in [4.69, 9.17) is 0 Å². The van der Waals surface area contributed by atoms with Gasteiger partial charge in [0.25, 0.3) is 0 Å².